The van der Waals surface area contributed by atoms with Crippen LogP contribution in [0.3, 0.4) is 0 Å². The first kappa shape index (κ1) is 18.9. The summed E-state index contributed by atoms with van der Waals surface area (Å²) < 4.78 is 1.15. The van der Waals surface area contributed by atoms with Crippen molar-refractivity contribution < 1.29 is 9.59 Å². The zero-order valence-corrected chi connectivity index (χ0v) is 16.7. The van der Waals surface area contributed by atoms with Crippen molar-refractivity contribution in [1.29, 1.82) is 0 Å². The van der Waals surface area contributed by atoms with Gasteiger partial charge in [0, 0.05) is 29.7 Å². The molecule has 3 rings (SSSR count). The number of carbonyl (C=O) groups is 2. The van der Waals surface area contributed by atoms with E-state index in [2.05, 4.69) is 31.3 Å². The Morgan fingerprint density at radius 2 is 1.85 bits per heavy atom. The van der Waals surface area contributed by atoms with Crippen molar-refractivity contribution in [3.8, 4) is 0 Å². The normalized spacial score (nSPS) is 15.6. The van der Waals surface area contributed by atoms with E-state index in [1.807, 2.05) is 24.0 Å². The topological polar surface area (TPSA) is 49.4 Å². The molecule has 4 nitrogen and oxygen atoms in total. The van der Waals surface area contributed by atoms with Crippen molar-refractivity contribution in [2.75, 3.05) is 13.1 Å². The average Bonchev–Trinajstić information content (AvgIpc) is 3.00. The minimum Gasteiger partial charge on any atom is -0.348 e. The molecule has 140 valence electrons. The standard InChI is InChI=1S/C21H28N2O2S/c1-4-15(5-2)21(25)23-12-10-16(11-13-23)22-20(24)19-14(3)17-8-6-7-9-18(17)26-19/h6-9,15-16H,4-5,10-13H2,1-3H3,(H,22,24). The molecule has 0 atom stereocenters. The molecular formula is C21H28N2O2S. The first-order valence-electron chi connectivity index (χ1n) is 9.62. The number of rotatable bonds is 5. The highest BCUT2D eigenvalue weighted by atomic mass is 32.1. The van der Waals surface area contributed by atoms with Crippen LogP contribution in [0.1, 0.15) is 54.8 Å². The van der Waals surface area contributed by atoms with Gasteiger partial charge in [-0.1, -0.05) is 32.0 Å². The van der Waals surface area contributed by atoms with E-state index in [0.717, 1.165) is 59.3 Å². The molecule has 1 aromatic carbocycles. The van der Waals surface area contributed by atoms with E-state index < -0.39 is 0 Å². The van der Waals surface area contributed by atoms with Gasteiger partial charge in [-0.05, 0) is 49.6 Å². The molecule has 0 spiro atoms. The van der Waals surface area contributed by atoms with Gasteiger partial charge in [-0.3, -0.25) is 9.59 Å². The molecule has 2 aromatic rings. The second kappa shape index (κ2) is 8.21. The summed E-state index contributed by atoms with van der Waals surface area (Å²) in [5, 5.41) is 4.35. The lowest BCUT2D eigenvalue weighted by molar-refractivity contribution is -0.136. The van der Waals surface area contributed by atoms with Crippen LogP contribution in [-0.2, 0) is 4.79 Å². The molecule has 1 saturated heterocycles. The smallest absolute Gasteiger partial charge is 0.261 e. The number of aryl methyl sites for hydroxylation is 1. The second-order valence-corrected chi connectivity index (χ2v) is 8.19. The Morgan fingerprint density at radius 1 is 1.19 bits per heavy atom. The third-order valence-electron chi connectivity index (χ3n) is 5.53. The predicted molar refractivity (Wildman–Crippen MR) is 108 cm³/mol. The number of hydrogen-bond donors (Lipinski definition) is 1. The number of nitrogens with one attached hydrogen (secondary N) is 1. The number of fused-ring (bicyclic) bond motifs is 1. The maximum Gasteiger partial charge on any atom is 0.261 e. The van der Waals surface area contributed by atoms with E-state index in [1.165, 1.54) is 0 Å². The zero-order valence-electron chi connectivity index (χ0n) is 15.9. The van der Waals surface area contributed by atoms with Gasteiger partial charge in [-0.2, -0.15) is 0 Å². The number of nitrogens with zero attached hydrogens (tertiary/aromatic N) is 1. The summed E-state index contributed by atoms with van der Waals surface area (Å²) in [6.45, 7) is 7.65. The maximum atomic E-state index is 12.7. The first-order chi connectivity index (χ1) is 12.5. The summed E-state index contributed by atoms with van der Waals surface area (Å²) in [5.74, 6) is 0.441. The summed E-state index contributed by atoms with van der Waals surface area (Å²) in [7, 11) is 0. The molecule has 1 aliphatic rings. The number of amides is 2. The molecule has 0 unspecified atom stereocenters. The van der Waals surface area contributed by atoms with Crippen LogP contribution in [0.5, 0.6) is 0 Å². The van der Waals surface area contributed by atoms with Crippen molar-refractivity contribution >= 4 is 33.2 Å². The Balaban J connectivity index is 1.59. The molecule has 26 heavy (non-hydrogen) atoms. The van der Waals surface area contributed by atoms with Crippen molar-refractivity contribution in [2.45, 2.75) is 52.5 Å². The van der Waals surface area contributed by atoms with Crippen LogP contribution in [0.15, 0.2) is 24.3 Å². The van der Waals surface area contributed by atoms with Crippen LogP contribution in [0.25, 0.3) is 10.1 Å². The molecule has 2 amide bonds. The van der Waals surface area contributed by atoms with Crippen molar-refractivity contribution in [1.82, 2.24) is 10.2 Å². The molecule has 1 aliphatic heterocycles. The lowest BCUT2D eigenvalue weighted by Gasteiger charge is -2.34. The number of hydrogen-bond acceptors (Lipinski definition) is 3. The Morgan fingerprint density at radius 3 is 2.46 bits per heavy atom. The van der Waals surface area contributed by atoms with Crippen LogP contribution in [0, 0.1) is 12.8 Å². The molecular weight excluding hydrogens is 344 g/mol. The number of likely N-dealkylation sites (tertiary alicyclic amines) is 1. The number of carbonyl (C=O) groups excluding carboxylic acids is 2. The van der Waals surface area contributed by atoms with Crippen LogP contribution in [-0.4, -0.2) is 35.8 Å². The first-order valence-corrected chi connectivity index (χ1v) is 10.4. The highest BCUT2D eigenvalue weighted by molar-refractivity contribution is 7.21. The van der Waals surface area contributed by atoms with Crippen LogP contribution in [0.2, 0.25) is 0 Å². The molecule has 1 fully saturated rings. The van der Waals surface area contributed by atoms with Gasteiger partial charge < -0.3 is 10.2 Å². The maximum absolute atomic E-state index is 12.7. The number of benzene rings is 1. The predicted octanol–water partition coefficient (Wildman–Crippen LogP) is 4.37. The quantitative estimate of drug-likeness (QED) is 0.847. The Bertz CT molecular complexity index is 786. The monoisotopic (exact) mass is 372 g/mol. The zero-order chi connectivity index (χ0) is 18.7. The SMILES string of the molecule is CCC(CC)C(=O)N1CCC(NC(=O)c2sc3ccccc3c2C)CC1. The molecule has 1 aromatic heterocycles. The van der Waals surface area contributed by atoms with Crippen LogP contribution < -0.4 is 5.32 Å². The lowest BCUT2D eigenvalue weighted by Crippen LogP contribution is -2.48. The van der Waals surface area contributed by atoms with Gasteiger partial charge in [0.05, 0.1) is 4.88 Å². The van der Waals surface area contributed by atoms with E-state index in [-0.39, 0.29) is 23.8 Å². The third kappa shape index (κ3) is 3.78. The fourth-order valence-corrected chi connectivity index (χ4v) is 4.89. The van der Waals surface area contributed by atoms with E-state index in [4.69, 9.17) is 0 Å². The number of thiophene rings is 1. The molecule has 5 heteroatoms. The summed E-state index contributed by atoms with van der Waals surface area (Å²) in [6.07, 6.45) is 3.47. The van der Waals surface area contributed by atoms with Crippen LogP contribution in [0.4, 0.5) is 0 Å². The van der Waals surface area contributed by atoms with E-state index in [1.54, 1.807) is 11.3 Å². The van der Waals surface area contributed by atoms with Gasteiger partial charge in [0.25, 0.3) is 5.91 Å². The fraction of sp³-hybridized carbons (Fsp3) is 0.524. The summed E-state index contributed by atoms with van der Waals surface area (Å²) in [4.78, 5) is 28.0. The van der Waals surface area contributed by atoms with Gasteiger partial charge in [0.1, 0.15) is 0 Å². The summed E-state index contributed by atoms with van der Waals surface area (Å²) in [5.41, 5.74) is 1.06. The third-order valence-corrected chi connectivity index (χ3v) is 6.80. The molecule has 2 heterocycles. The number of piperidine rings is 1. The fourth-order valence-electron chi connectivity index (χ4n) is 3.78. The van der Waals surface area contributed by atoms with Crippen LogP contribution >= 0.6 is 11.3 Å². The molecule has 0 bridgehead atoms. The highest BCUT2D eigenvalue weighted by Gasteiger charge is 2.28. The van der Waals surface area contributed by atoms with E-state index in [0.29, 0.717) is 0 Å². The molecule has 0 saturated carbocycles. The van der Waals surface area contributed by atoms with Gasteiger partial charge in [-0.25, -0.2) is 0 Å². The minimum absolute atomic E-state index is 0.0217. The van der Waals surface area contributed by atoms with Gasteiger partial charge >= 0.3 is 0 Å². The minimum atomic E-state index is 0.0217. The molecule has 0 radical (unpaired) electrons. The summed E-state index contributed by atoms with van der Waals surface area (Å²) in [6, 6.07) is 8.30. The van der Waals surface area contributed by atoms with Gasteiger partial charge in [0.15, 0.2) is 0 Å². The largest absolute Gasteiger partial charge is 0.348 e. The van der Waals surface area contributed by atoms with E-state index in [9.17, 15) is 9.59 Å². The molecule has 0 aliphatic carbocycles. The van der Waals surface area contributed by atoms with Crippen molar-refractivity contribution in [2.24, 2.45) is 5.92 Å². The Labute approximate surface area is 159 Å². The van der Waals surface area contributed by atoms with Gasteiger partial charge in [0.2, 0.25) is 5.91 Å². The molecule has 1 N–H and O–H groups in total. The summed E-state index contributed by atoms with van der Waals surface area (Å²) >= 11 is 1.56. The van der Waals surface area contributed by atoms with Gasteiger partial charge in [-0.15, -0.1) is 11.3 Å². The van der Waals surface area contributed by atoms with Crippen molar-refractivity contribution in [3.05, 3.63) is 34.7 Å². The average molecular weight is 373 g/mol. The Kier molecular flexibility index (Phi) is 5.97. The van der Waals surface area contributed by atoms with Crippen molar-refractivity contribution in [3.63, 3.8) is 0 Å². The Hall–Kier alpha value is -1.88. The second-order valence-electron chi connectivity index (χ2n) is 7.14. The lowest BCUT2D eigenvalue weighted by atomic mass is 9.98. The van der Waals surface area contributed by atoms with E-state index >= 15 is 0 Å². The highest BCUT2D eigenvalue weighted by Crippen LogP contribution is 2.30.